The summed E-state index contributed by atoms with van der Waals surface area (Å²) in [5.41, 5.74) is 1.71. The van der Waals surface area contributed by atoms with Crippen LogP contribution in [0.2, 0.25) is 0 Å². The third kappa shape index (κ3) is 4.52. The highest BCUT2D eigenvalue weighted by atomic mass is 32.2. The van der Waals surface area contributed by atoms with E-state index in [-0.39, 0.29) is 30.5 Å². The summed E-state index contributed by atoms with van der Waals surface area (Å²) in [6.07, 6.45) is 4.12. The van der Waals surface area contributed by atoms with Crippen molar-refractivity contribution in [3.05, 3.63) is 29.3 Å². The van der Waals surface area contributed by atoms with Gasteiger partial charge in [0.25, 0.3) is 0 Å². The van der Waals surface area contributed by atoms with Gasteiger partial charge in [-0.1, -0.05) is 12.1 Å². The first-order valence-corrected chi connectivity index (χ1v) is 11.3. The van der Waals surface area contributed by atoms with Crippen molar-refractivity contribution in [2.45, 2.75) is 69.4 Å². The summed E-state index contributed by atoms with van der Waals surface area (Å²) in [6, 6.07) is 5.41. The van der Waals surface area contributed by atoms with Gasteiger partial charge < -0.3 is 10.4 Å². The van der Waals surface area contributed by atoms with Gasteiger partial charge in [0, 0.05) is 19.1 Å². The molecular formula is C20H30N2O4S. The van der Waals surface area contributed by atoms with Crippen LogP contribution in [-0.2, 0) is 14.8 Å². The summed E-state index contributed by atoms with van der Waals surface area (Å²) in [6.45, 7) is 4.42. The Morgan fingerprint density at radius 3 is 2.56 bits per heavy atom. The van der Waals surface area contributed by atoms with E-state index >= 15 is 0 Å². The van der Waals surface area contributed by atoms with Crippen molar-refractivity contribution in [2.24, 2.45) is 5.92 Å². The minimum absolute atomic E-state index is 0.0581. The van der Waals surface area contributed by atoms with Gasteiger partial charge in [0.05, 0.1) is 16.9 Å². The number of sulfonamides is 1. The van der Waals surface area contributed by atoms with Crippen LogP contribution in [0, 0.1) is 19.8 Å². The zero-order valence-electron chi connectivity index (χ0n) is 16.1. The van der Waals surface area contributed by atoms with Crippen molar-refractivity contribution < 1.29 is 18.3 Å². The first-order chi connectivity index (χ1) is 12.8. The van der Waals surface area contributed by atoms with Crippen LogP contribution in [0.15, 0.2) is 23.1 Å². The van der Waals surface area contributed by atoms with E-state index in [0.29, 0.717) is 37.1 Å². The smallest absolute Gasteiger partial charge is 0.243 e. The van der Waals surface area contributed by atoms with Crippen LogP contribution in [0.25, 0.3) is 0 Å². The molecule has 150 valence electrons. The van der Waals surface area contributed by atoms with Crippen molar-refractivity contribution >= 4 is 15.9 Å². The molecule has 1 amide bonds. The van der Waals surface area contributed by atoms with Gasteiger partial charge in [-0.05, 0) is 69.6 Å². The average molecular weight is 395 g/mol. The number of amides is 1. The van der Waals surface area contributed by atoms with Crippen LogP contribution >= 0.6 is 0 Å². The predicted molar refractivity (Wildman–Crippen MR) is 104 cm³/mol. The molecule has 7 heteroatoms. The van der Waals surface area contributed by atoms with Gasteiger partial charge in [-0.15, -0.1) is 0 Å². The number of piperidine rings is 1. The van der Waals surface area contributed by atoms with E-state index in [9.17, 15) is 18.3 Å². The third-order valence-corrected chi connectivity index (χ3v) is 7.98. The number of aryl methyl sites for hydroxylation is 1. The summed E-state index contributed by atoms with van der Waals surface area (Å²) >= 11 is 0. The van der Waals surface area contributed by atoms with Crippen molar-refractivity contribution in [2.75, 3.05) is 13.1 Å². The van der Waals surface area contributed by atoms with Gasteiger partial charge in [0.2, 0.25) is 15.9 Å². The zero-order valence-corrected chi connectivity index (χ0v) is 17.0. The Kier molecular flexibility index (Phi) is 6.23. The lowest BCUT2D eigenvalue weighted by atomic mass is 9.92. The molecule has 1 saturated heterocycles. The molecule has 2 fully saturated rings. The molecule has 27 heavy (non-hydrogen) atoms. The van der Waals surface area contributed by atoms with Gasteiger partial charge in [-0.3, -0.25) is 4.79 Å². The number of rotatable bonds is 4. The lowest BCUT2D eigenvalue weighted by Gasteiger charge is -2.33. The molecule has 3 rings (SSSR count). The Hall–Kier alpha value is -1.44. The molecule has 0 radical (unpaired) electrons. The summed E-state index contributed by atoms with van der Waals surface area (Å²) in [5, 5.41) is 12.7. The molecule has 1 saturated carbocycles. The number of carbonyl (C=O) groups excluding carboxylic acids is 1. The molecule has 1 heterocycles. The van der Waals surface area contributed by atoms with Gasteiger partial charge in [-0.2, -0.15) is 4.31 Å². The summed E-state index contributed by atoms with van der Waals surface area (Å²) in [7, 11) is -3.60. The number of benzene rings is 1. The van der Waals surface area contributed by atoms with Crippen LogP contribution in [0.5, 0.6) is 0 Å². The number of hydrogen-bond donors (Lipinski definition) is 2. The molecule has 1 atom stereocenters. The van der Waals surface area contributed by atoms with E-state index in [1.165, 1.54) is 4.31 Å². The number of nitrogens with one attached hydrogen (secondary N) is 1. The van der Waals surface area contributed by atoms with Gasteiger partial charge in [-0.25, -0.2) is 8.42 Å². The van der Waals surface area contributed by atoms with E-state index in [2.05, 4.69) is 5.32 Å². The normalized spacial score (nSPS) is 27.3. The highest BCUT2D eigenvalue weighted by Gasteiger charge is 2.35. The molecule has 6 nitrogen and oxygen atoms in total. The van der Waals surface area contributed by atoms with Crippen molar-refractivity contribution in [3.63, 3.8) is 0 Å². The topological polar surface area (TPSA) is 86.7 Å². The Morgan fingerprint density at radius 1 is 1.15 bits per heavy atom. The second-order valence-corrected chi connectivity index (χ2v) is 9.82. The molecule has 0 bridgehead atoms. The summed E-state index contributed by atoms with van der Waals surface area (Å²) in [5.74, 6) is -0.372. The zero-order chi connectivity index (χ0) is 19.6. The highest BCUT2D eigenvalue weighted by Crippen LogP contribution is 2.27. The van der Waals surface area contributed by atoms with Crippen LogP contribution < -0.4 is 5.32 Å². The first-order valence-electron chi connectivity index (χ1n) is 9.84. The molecule has 0 aromatic heterocycles. The molecule has 0 unspecified atom stereocenters. The van der Waals surface area contributed by atoms with Gasteiger partial charge in [0.15, 0.2) is 0 Å². The fraction of sp³-hybridized carbons (Fsp3) is 0.650. The van der Waals surface area contributed by atoms with Crippen molar-refractivity contribution in [3.8, 4) is 0 Å². The Morgan fingerprint density at radius 2 is 1.85 bits per heavy atom. The molecular weight excluding hydrogens is 364 g/mol. The van der Waals surface area contributed by atoms with E-state index in [0.717, 1.165) is 24.0 Å². The monoisotopic (exact) mass is 394 g/mol. The summed E-state index contributed by atoms with van der Waals surface area (Å²) in [4.78, 5) is 13.0. The second-order valence-electron chi connectivity index (χ2n) is 7.91. The fourth-order valence-corrected chi connectivity index (χ4v) is 5.88. The lowest BCUT2D eigenvalue weighted by Crippen LogP contribution is -2.48. The molecule has 2 aliphatic rings. The van der Waals surface area contributed by atoms with E-state index in [4.69, 9.17) is 0 Å². The number of aliphatic hydroxyl groups is 1. The van der Waals surface area contributed by atoms with Crippen LogP contribution in [-0.4, -0.2) is 49.0 Å². The minimum Gasteiger partial charge on any atom is -0.393 e. The maximum atomic E-state index is 13.1. The first kappa shape index (κ1) is 20.3. The van der Waals surface area contributed by atoms with E-state index in [1.807, 2.05) is 19.9 Å². The highest BCUT2D eigenvalue weighted by molar-refractivity contribution is 7.89. The Balaban J connectivity index is 1.68. The van der Waals surface area contributed by atoms with Crippen molar-refractivity contribution in [1.82, 2.24) is 9.62 Å². The van der Waals surface area contributed by atoms with Crippen LogP contribution in [0.3, 0.4) is 0 Å². The quantitative estimate of drug-likeness (QED) is 0.819. The van der Waals surface area contributed by atoms with Crippen LogP contribution in [0.4, 0.5) is 0 Å². The molecule has 1 aliphatic carbocycles. The molecule has 0 spiro atoms. The lowest BCUT2D eigenvalue weighted by molar-refractivity contribution is -0.127. The maximum Gasteiger partial charge on any atom is 0.243 e. The van der Waals surface area contributed by atoms with E-state index in [1.54, 1.807) is 12.1 Å². The van der Waals surface area contributed by atoms with Gasteiger partial charge in [0.1, 0.15) is 0 Å². The Bertz CT molecular complexity index is 785. The van der Waals surface area contributed by atoms with Gasteiger partial charge >= 0.3 is 0 Å². The van der Waals surface area contributed by atoms with Crippen molar-refractivity contribution in [1.29, 1.82) is 0 Å². The maximum absolute atomic E-state index is 13.1. The summed E-state index contributed by atoms with van der Waals surface area (Å²) < 4.78 is 27.7. The SMILES string of the molecule is Cc1cccc(S(=O)(=O)N2CCC[C@H](C(=O)NC3CCC(O)CC3)C2)c1C. The second kappa shape index (κ2) is 8.29. The standard InChI is InChI=1S/C20H30N2O4S/c1-14-5-3-7-19(15(14)2)27(25,26)22-12-4-6-16(13-22)20(24)21-17-8-10-18(23)11-9-17/h3,5,7,16-18,23H,4,6,8-13H2,1-2H3,(H,21,24)/t16-,17?,18?/m0/s1. The minimum atomic E-state index is -3.60. The third-order valence-electron chi connectivity index (χ3n) is 5.97. The molecule has 2 N–H and O–H groups in total. The average Bonchev–Trinajstić information content (AvgIpc) is 2.65. The largest absolute Gasteiger partial charge is 0.393 e. The molecule has 1 aliphatic heterocycles. The number of aliphatic hydroxyl groups excluding tert-OH is 1. The number of hydrogen-bond acceptors (Lipinski definition) is 4. The number of nitrogens with zero attached hydrogens (tertiary/aromatic N) is 1. The number of carbonyl (C=O) groups is 1. The fourth-order valence-electron chi connectivity index (χ4n) is 4.06. The van der Waals surface area contributed by atoms with E-state index < -0.39 is 10.0 Å². The molecule has 1 aromatic rings. The Labute approximate surface area is 162 Å². The predicted octanol–water partition coefficient (Wildman–Crippen LogP) is 2.12. The van der Waals surface area contributed by atoms with Crippen LogP contribution in [0.1, 0.15) is 49.7 Å². The molecule has 1 aromatic carbocycles.